The monoisotopic (exact) mass is 416 g/mol. The Balaban J connectivity index is 1.78. The van der Waals surface area contributed by atoms with Gasteiger partial charge in [-0.1, -0.05) is 23.7 Å². The highest BCUT2D eigenvalue weighted by molar-refractivity contribution is 6.30. The predicted octanol–water partition coefficient (Wildman–Crippen LogP) is 6.50. The lowest BCUT2D eigenvalue weighted by Gasteiger charge is -2.18. The van der Waals surface area contributed by atoms with Crippen molar-refractivity contribution in [2.75, 3.05) is 14.2 Å². The molecule has 0 amide bonds. The van der Waals surface area contributed by atoms with Crippen LogP contribution in [0.15, 0.2) is 73.1 Å². The summed E-state index contributed by atoms with van der Waals surface area (Å²) in [6.07, 6.45) is 4.17. The summed E-state index contributed by atoms with van der Waals surface area (Å²) < 4.78 is 11.0. The lowest BCUT2D eigenvalue weighted by atomic mass is 9.85. The second-order valence-electron chi connectivity index (χ2n) is 7.30. The summed E-state index contributed by atoms with van der Waals surface area (Å²) in [6.45, 7) is 0. The lowest BCUT2D eigenvalue weighted by Crippen LogP contribution is -2.02. The van der Waals surface area contributed by atoms with Crippen molar-refractivity contribution in [3.63, 3.8) is 0 Å². The molecule has 2 heterocycles. The fraction of sp³-hybridized carbons (Fsp3) is 0.120. The van der Waals surface area contributed by atoms with E-state index in [0.717, 1.165) is 43.9 Å². The molecule has 0 unspecified atom stereocenters. The van der Waals surface area contributed by atoms with E-state index in [1.165, 1.54) is 11.1 Å². The number of methoxy groups -OCH3 is 2. The maximum Gasteiger partial charge on any atom is 0.119 e. The van der Waals surface area contributed by atoms with Crippen molar-refractivity contribution in [1.82, 2.24) is 9.97 Å². The van der Waals surface area contributed by atoms with Gasteiger partial charge in [-0.05, 0) is 65.2 Å². The number of benzene rings is 3. The molecule has 0 radical (unpaired) electrons. The minimum atomic E-state index is 0.00368. The summed E-state index contributed by atoms with van der Waals surface area (Å²) in [7, 11) is 3.38. The van der Waals surface area contributed by atoms with Gasteiger partial charge in [-0.25, -0.2) is 0 Å². The Labute approximate surface area is 179 Å². The van der Waals surface area contributed by atoms with Gasteiger partial charge < -0.3 is 19.4 Å². The molecule has 0 atom stereocenters. The molecule has 2 aromatic heterocycles. The quantitative estimate of drug-likeness (QED) is 0.343. The zero-order valence-electron chi connectivity index (χ0n) is 16.7. The number of ether oxygens (including phenoxy) is 2. The molecule has 0 spiro atoms. The van der Waals surface area contributed by atoms with Gasteiger partial charge in [-0.3, -0.25) is 0 Å². The molecule has 0 bridgehead atoms. The van der Waals surface area contributed by atoms with E-state index < -0.39 is 0 Å². The summed E-state index contributed by atoms with van der Waals surface area (Å²) in [5.41, 5.74) is 5.65. The molecule has 2 N–H and O–H groups in total. The molecule has 150 valence electrons. The third-order valence-corrected chi connectivity index (χ3v) is 5.92. The van der Waals surface area contributed by atoms with E-state index in [9.17, 15) is 0 Å². The van der Waals surface area contributed by atoms with Gasteiger partial charge in [0.15, 0.2) is 0 Å². The van der Waals surface area contributed by atoms with E-state index in [0.29, 0.717) is 0 Å². The van der Waals surface area contributed by atoms with E-state index in [2.05, 4.69) is 58.8 Å². The normalized spacial score (nSPS) is 11.5. The largest absolute Gasteiger partial charge is 0.497 e. The molecule has 3 aromatic carbocycles. The molecular weight excluding hydrogens is 396 g/mol. The Morgan fingerprint density at radius 2 is 1.20 bits per heavy atom. The van der Waals surface area contributed by atoms with E-state index in [1.54, 1.807) is 14.2 Å². The molecule has 4 nitrogen and oxygen atoms in total. The first-order valence-electron chi connectivity index (χ1n) is 9.73. The fourth-order valence-electron chi connectivity index (χ4n) is 4.16. The standard InChI is InChI=1S/C25H21ClN2O2/c1-29-17-7-9-23-19(11-17)21(13-27-23)25(15-3-5-16(26)6-4-15)22-14-28-24-10-8-18(30-2)12-20(22)24/h3-14,25,27-28H,1-2H3. The molecule has 5 heteroatoms. The van der Waals surface area contributed by atoms with E-state index in [-0.39, 0.29) is 5.92 Å². The van der Waals surface area contributed by atoms with Gasteiger partial charge in [0.05, 0.1) is 14.2 Å². The van der Waals surface area contributed by atoms with Gasteiger partial charge in [0.2, 0.25) is 0 Å². The van der Waals surface area contributed by atoms with E-state index in [4.69, 9.17) is 21.1 Å². The lowest BCUT2D eigenvalue weighted by molar-refractivity contribution is 0.415. The van der Waals surface area contributed by atoms with Crippen LogP contribution >= 0.6 is 11.6 Å². The molecule has 0 fully saturated rings. The molecule has 0 aliphatic heterocycles. The van der Waals surface area contributed by atoms with Crippen LogP contribution < -0.4 is 9.47 Å². The number of hydrogen-bond acceptors (Lipinski definition) is 2. The minimum Gasteiger partial charge on any atom is -0.497 e. The van der Waals surface area contributed by atoms with Crippen LogP contribution in [0.3, 0.4) is 0 Å². The summed E-state index contributed by atoms with van der Waals surface area (Å²) >= 11 is 6.19. The average Bonchev–Trinajstić information content (AvgIpc) is 3.39. The van der Waals surface area contributed by atoms with Crippen LogP contribution in [0.5, 0.6) is 11.5 Å². The van der Waals surface area contributed by atoms with Crippen molar-refractivity contribution < 1.29 is 9.47 Å². The number of halogens is 1. The number of aromatic amines is 2. The Morgan fingerprint density at radius 1 is 0.700 bits per heavy atom. The third kappa shape index (κ3) is 3.10. The SMILES string of the molecule is COc1ccc2[nH]cc(C(c3ccc(Cl)cc3)c3c[nH]c4ccc(OC)cc34)c2c1. The summed E-state index contributed by atoms with van der Waals surface area (Å²) in [5.74, 6) is 1.67. The first-order chi connectivity index (χ1) is 14.7. The van der Waals surface area contributed by atoms with Crippen LogP contribution in [0, 0.1) is 0 Å². The molecule has 0 aliphatic rings. The number of rotatable bonds is 5. The highest BCUT2D eigenvalue weighted by Crippen LogP contribution is 2.41. The number of nitrogens with one attached hydrogen (secondary N) is 2. The number of aromatic nitrogens is 2. The second kappa shape index (κ2) is 7.47. The van der Waals surface area contributed by atoms with Crippen LogP contribution in [0.4, 0.5) is 0 Å². The maximum atomic E-state index is 6.19. The Bertz CT molecular complexity index is 1250. The van der Waals surface area contributed by atoms with E-state index >= 15 is 0 Å². The Kier molecular flexibility index (Phi) is 4.64. The number of fused-ring (bicyclic) bond motifs is 2. The molecule has 30 heavy (non-hydrogen) atoms. The van der Waals surface area contributed by atoms with Crippen molar-refractivity contribution in [2.24, 2.45) is 0 Å². The molecule has 0 saturated carbocycles. The Hall–Kier alpha value is -3.37. The van der Waals surface area contributed by atoms with Crippen LogP contribution in [0.25, 0.3) is 21.8 Å². The number of H-pyrrole nitrogens is 2. The van der Waals surface area contributed by atoms with Gasteiger partial charge in [0.1, 0.15) is 11.5 Å². The van der Waals surface area contributed by atoms with Gasteiger partial charge >= 0.3 is 0 Å². The third-order valence-electron chi connectivity index (χ3n) is 5.67. The van der Waals surface area contributed by atoms with Crippen molar-refractivity contribution in [3.8, 4) is 11.5 Å². The average molecular weight is 417 g/mol. The molecule has 5 aromatic rings. The zero-order valence-corrected chi connectivity index (χ0v) is 17.5. The molecule has 0 aliphatic carbocycles. The smallest absolute Gasteiger partial charge is 0.119 e. The van der Waals surface area contributed by atoms with Crippen LogP contribution in [-0.4, -0.2) is 24.2 Å². The van der Waals surface area contributed by atoms with Crippen LogP contribution in [-0.2, 0) is 0 Å². The second-order valence-corrected chi connectivity index (χ2v) is 7.73. The highest BCUT2D eigenvalue weighted by atomic mass is 35.5. The summed E-state index contributed by atoms with van der Waals surface area (Å²) in [5, 5.41) is 2.98. The van der Waals surface area contributed by atoms with E-state index in [1.807, 2.05) is 24.3 Å². The fourth-order valence-corrected chi connectivity index (χ4v) is 4.28. The summed E-state index contributed by atoms with van der Waals surface area (Å²) in [6, 6.07) is 20.3. The van der Waals surface area contributed by atoms with Gasteiger partial charge in [0, 0.05) is 45.1 Å². The molecular formula is C25H21ClN2O2. The van der Waals surface area contributed by atoms with Gasteiger partial charge in [-0.15, -0.1) is 0 Å². The van der Waals surface area contributed by atoms with Gasteiger partial charge in [0.25, 0.3) is 0 Å². The zero-order chi connectivity index (χ0) is 20.7. The molecule has 5 rings (SSSR count). The first-order valence-corrected chi connectivity index (χ1v) is 10.1. The van der Waals surface area contributed by atoms with Gasteiger partial charge in [-0.2, -0.15) is 0 Å². The molecule has 0 saturated heterocycles. The van der Waals surface area contributed by atoms with Crippen LogP contribution in [0.1, 0.15) is 22.6 Å². The summed E-state index contributed by atoms with van der Waals surface area (Å²) in [4.78, 5) is 6.83. The Morgan fingerprint density at radius 3 is 1.67 bits per heavy atom. The van der Waals surface area contributed by atoms with Crippen molar-refractivity contribution in [2.45, 2.75) is 5.92 Å². The number of hydrogen-bond donors (Lipinski definition) is 2. The minimum absolute atomic E-state index is 0.00368. The van der Waals surface area contributed by atoms with Crippen molar-refractivity contribution in [3.05, 3.63) is 94.8 Å². The highest BCUT2D eigenvalue weighted by Gasteiger charge is 2.23. The maximum absolute atomic E-state index is 6.19. The van der Waals surface area contributed by atoms with Crippen LogP contribution in [0.2, 0.25) is 5.02 Å². The van der Waals surface area contributed by atoms with Crippen molar-refractivity contribution in [1.29, 1.82) is 0 Å². The topological polar surface area (TPSA) is 50.0 Å². The first kappa shape index (κ1) is 18.6. The van der Waals surface area contributed by atoms with Crippen molar-refractivity contribution >= 4 is 33.4 Å². The predicted molar refractivity (Wildman–Crippen MR) is 122 cm³/mol.